The first-order valence-corrected chi connectivity index (χ1v) is 13.1. The highest BCUT2D eigenvalue weighted by molar-refractivity contribution is 5.99. The number of hydrazine groups is 1. The molecule has 1 aliphatic heterocycles. The van der Waals surface area contributed by atoms with Crippen LogP contribution in [0, 0.1) is 5.41 Å². The van der Waals surface area contributed by atoms with E-state index in [1.165, 1.54) is 23.1 Å². The number of fused-ring (bicyclic) bond motifs is 2. The molecule has 4 aromatic carbocycles. The molecule has 1 aliphatic carbocycles. The lowest BCUT2D eigenvalue weighted by molar-refractivity contribution is 0.304. The number of nitrogens with two attached hydrogens (primary N) is 1. The molecular weight excluding hydrogens is 474 g/mol. The largest absolute Gasteiger partial charge is 0.497 e. The maximum Gasteiger partial charge on any atom is 0.141 e. The third-order valence-corrected chi connectivity index (χ3v) is 7.43. The average Bonchev–Trinajstić information content (AvgIpc) is 3.68. The van der Waals surface area contributed by atoms with Crippen molar-refractivity contribution in [3.63, 3.8) is 0 Å². The molecule has 1 heterocycles. The van der Waals surface area contributed by atoms with E-state index in [4.69, 9.17) is 20.6 Å². The Kier molecular flexibility index (Phi) is 6.72. The molecule has 2 aliphatic rings. The van der Waals surface area contributed by atoms with Crippen LogP contribution in [0.3, 0.4) is 0 Å². The van der Waals surface area contributed by atoms with E-state index < -0.39 is 0 Å². The van der Waals surface area contributed by atoms with E-state index in [2.05, 4.69) is 64.3 Å². The molecule has 1 fully saturated rings. The number of nitrogens with zero attached hydrogens (tertiary/aromatic N) is 1. The van der Waals surface area contributed by atoms with Crippen molar-refractivity contribution in [1.29, 1.82) is 5.41 Å². The van der Waals surface area contributed by atoms with Crippen molar-refractivity contribution in [1.82, 2.24) is 15.8 Å². The number of hydrogen-bond acceptors (Lipinski definition) is 6. The van der Waals surface area contributed by atoms with E-state index in [1.54, 1.807) is 7.11 Å². The zero-order valence-corrected chi connectivity index (χ0v) is 21.5. The summed E-state index contributed by atoms with van der Waals surface area (Å²) >= 11 is 0. The fourth-order valence-electron chi connectivity index (χ4n) is 5.31. The maximum atomic E-state index is 7.65. The van der Waals surface area contributed by atoms with Crippen LogP contribution in [0.1, 0.15) is 46.7 Å². The van der Waals surface area contributed by atoms with Crippen molar-refractivity contribution in [2.24, 2.45) is 5.73 Å². The van der Waals surface area contributed by atoms with Gasteiger partial charge in [-0.2, -0.15) is 0 Å². The lowest BCUT2D eigenvalue weighted by atomic mass is 9.87. The predicted molar refractivity (Wildman–Crippen MR) is 150 cm³/mol. The smallest absolute Gasteiger partial charge is 0.141 e. The average molecular weight is 508 g/mol. The summed E-state index contributed by atoms with van der Waals surface area (Å²) in [6.07, 6.45) is 3.54. The molecular formula is C31H33N5O2. The minimum absolute atomic E-state index is 0.0848. The first-order chi connectivity index (χ1) is 18.6. The van der Waals surface area contributed by atoms with Gasteiger partial charge < -0.3 is 15.2 Å². The molecule has 7 heteroatoms. The Morgan fingerprint density at radius 1 is 1.00 bits per heavy atom. The maximum absolute atomic E-state index is 7.65. The van der Waals surface area contributed by atoms with Crippen LogP contribution in [-0.2, 0) is 19.6 Å². The van der Waals surface area contributed by atoms with Crippen LogP contribution in [0.2, 0.25) is 0 Å². The van der Waals surface area contributed by atoms with Gasteiger partial charge in [0.1, 0.15) is 30.2 Å². The second kappa shape index (κ2) is 10.5. The topological polar surface area (TPSA) is 105 Å². The van der Waals surface area contributed by atoms with E-state index in [-0.39, 0.29) is 18.2 Å². The predicted octanol–water partition coefficient (Wildman–Crippen LogP) is 4.98. The molecule has 0 bridgehead atoms. The normalized spacial score (nSPS) is 20.1. The molecule has 0 amide bonds. The van der Waals surface area contributed by atoms with Crippen LogP contribution < -0.4 is 25.9 Å². The van der Waals surface area contributed by atoms with Gasteiger partial charge in [0.25, 0.3) is 0 Å². The van der Waals surface area contributed by atoms with Crippen molar-refractivity contribution >= 4 is 16.6 Å². The Labute approximate surface area is 223 Å². The van der Waals surface area contributed by atoms with Crippen LogP contribution in [0.25, 0.3) is 10.8 Å². The number of aryl methyl sites for hydroxylation is 1. The minimum Gasteiger partial charge on any atom is -0.497 e. The summed E-state index contributed by atoms with van der Waals surface area (Å²) < 4.78 is 11.6. The van der Waals surface area contributed by atoms with E-state index in [0.29, 0.717) is 6.61 Å². The Balaban J connectivity index is 1.10. The Hall–Kier alpha value is -3.91. The molecule has 3 atom stereocenters. The second-order valence-electron chi connectivity index (χ2n) is 10.1. The Morgan fingerprint density at radius 2 is 1.87 bits per heavy atom. The van der Waals surface area contributed by atoms with Crippen LogP contribution in [0.5, 0.6) is 11.5 Å². The third kappa shape index (κ3) is 5.36. The Morgan fingerprint density at radius 3 is 2.74 bits per heavy atom. The molecule has 7 nitrogen and oxygen atoms in total. The van der Waals surface area contributed by atoms with Crippen molar-refractivity contribution < 1.29 is 9.47 Å². The quantitative estimate of drug-likeness (QED) is 0.145. The molecule has 38 heavy (non-hydrogen) atoms. The van der Waals surface area contributed by atoms with Gasteiger partial charge in [0.05, 0.1) is 7.11 Å². The lowest BCUT2D eigenvalue weighted by Gasteiger charge is -2.27. The number of ether oxygens (including phenoxy) is 2. The highest BCUT2D eigenvalue weighted by Crippen LogP contribution is 2.34. The Bertz CT molecular complexity index is 1490. The van der Waals surface area contributed by atoms with Gasteiger partial charge in [-0.05, 0) is 88.7 Å². The van der Waals surface area contributed by atoms with E-state index >= 15 is 0 Å². The molecule has 3 unspecified atom stereocenters. The zero-order valence-electron chi connectivity index (χ0n) is 21.5. The van der Waals surface area contributed by atoms with Gasteiger partial charge in [-0.3, -0.25) is 10.7 Å². The van der Waals surface area contributed by atoms with Gasteiger partial charge >= 0.3 is 0 Å². The lowest BCUT2D eigenvalue weighted by Crippen LogP contribution is -2.30. The van der Waals surface area contributed by atoms with Crippen molar-refractivity contribution in [2.45, 2.75) is 44.7 Å². The van der Waals surface area contributed by atoms with Crippen molar-refractivity contribution in [2.75, 3.05) is 7.11 Å². The van der Waals surface area contributed by atoms with Crippen LogP contribution in [0.4, 0.5) is 0 Å². The SMILES string of the molecule is COc1cccc(CN2NC2NC2CCCc3ccc(OCc4ccc5cc(C(=N)N)ccc5c4)cc32)c1. The molecule has 1 saturated heterocycles. The van der Waals surface area contributed by atoms with Crippen LogP contribution >= 0.6 is 0 Å². The molecule has 194 valence electrons. The number of methoxy groups -OCH3 is 1. The molecule has 0 aromatic heterocycles. The number of hydrogen-bond donors (Lipinski definition) is 4. The van der Waals surface area contributed by atoms with Gasteiger partial charge in [-0.1, -0.05) is 42.5 Å². The molecule has 0 radical (unpaired) electrons. The summed E-state index contributed by atoms with van der Waals surface area (Å²) in [5.74, 6) is 1.86. The summed E-state index contributed by atoms with van der Waals surface area (Å²) in [7, 11) is 1.70. The van der Waals surface area contributed by atoms with Crippen molar-refractivity contribution in [3.8, 4) is 11.5 Å². The van der Waals surface area contributed by atoms with Gasteiger partial charge in [0.2, 0.25) is 0 Å². The highest BCUT2D eigenvalue weighted by atomic mass is 16.5. The first kappa shape index (κ1) is 24.4. The number of nitrogens with one attached hydrogen (secondary N) is 3. The standard InChI is InChI=1S/C31H33N5O2/c1-37-26-6-2-4-20(15-26)18-36-31(35-36)34-29-7-3-5-22-12-13-27(17-28(22)29)38-19-21-8-9-24-16-25(30(32)33)11-10-23(24)14-21/h2,4,6,8-17,29,31,34-35H,3,5,7,18-19H2,1H3,(H3,32,33). The van der Waals surface area contributed by atoms with E-state index in [9.17, 15) is 0 Å². The van der Waals surface area contributed by atoms with Gasteiger partial charge in [0.15, 0.2) is 0 Å². The zero-order chi connectivity index (χ0) is 26.1. The molecule has 0 spiro atoms. The van der Waals surface area contributed by atoms with Gasteiger partial charge in [-0.15, -0.1) is 0 Å². The van der Waals surface area contributed by atoms with Crippen LogP contribution in [0.15, 0.2) is 78.9 Å². The first-order valence-electron chi connectivity index (χ1n) is 13.1. The summed E-state index contributed by atoms with van der Waals surface area (Å²) in [4.78, 5) is 0. The minimum atomic E-state index is 0.0848. The summed E-state index contributed by atoms with van der Waals surface area (Å²) in [6, 6.07) is 27.1. The van der Waals surface area contributed by atoms with Gasteiger partial charge in [-0.25, -0.2) is 10.4 Å². The number of benzene rings is 4. The summed E-state index contributed by atoms with van der Waals surface area (Å²) in [5.41, 5.74) is 14.9. The number of amidine groups is 1. The third-order valence-electron chi connectivity index (χ3n) is 7.43. The van der Waals surface area contributed by atoms with Gasteiger partial charge in [0, 0.05) is 18.2 Å². The molecule has 5 N–H and O–H groups in total. The van der Waals surface area contributed by atoms with E-state index in [0.717, 1.165) is 52.8 Å². The monoisotopic (exact) mass is 507 g/mol. The summed E-state index contributed by atoms with van der Waals surface area (Å²) in [6.45, 7) is 1.32. The number of nitrogen functional groups attached to an aromatic ring is 1. The molecule has 4 aromatic rings. The summed E-state index contributed by atoms with van der Waals surface area (Å²) in [5, 5.41) is 15.8. The van der Waals surface area contributed by atoms with Crippen molar-refractivity contribution in [3.05, 3.63) is 107 Å². The fourth-order valence-corrected chi connectivity index (χ4v) is 5.31. The van der Waals surface area contributed by atoms with Crippen LogP contribution in [-0.4, -0.2) is 24.2 Å². The highest BCUT2D eigenvalue weighted by Gasteiger charge is 2.36. The van der Waals surface area contributed by atoms with E-state index in [1.807, 2.05) is 30.3 Å². The molecule has 0 saturated carbocycles. The molecule has 6 rings (SSSR count). The fraction of sp³-hybridized carbons (Fsp3) is 0.258. The second-order valence-corrected chi connectivity index (χ2v) is 10.1. The number of rotatable bonds is 9.